The van der Waals surface area contributed by atoms with Crippen LogP contribution >= 0.6 is 0 Å². The zero-order valence-electron chi connectivity index (χ0n) is 7.34. The summed E-state index contributed by atoms with van der Waals surface area (Å²) in [5.41, 5.74) is 2.51. The molecule has 0 aromatic heterocycles. The lowest BCUT2D eigenvalue weighted by Crippen LogP contribution is -1.67. The summed E-state index contributed by atoms with van der Waals surface area (Å²) in [6.45, 7) is 7.27. The van der Waals surface area contributed by atoms with Crippen LogP contribution in [0, 0.1) is 6.58 Å². The molecule has 0 nitrogen and oxygen atoms in total. The zero-order chi connectivity index (χ0) is 8.36. The summed E-state index contributed by atoms with van der Waals surface area (Å²) >= 11 is 0. The van der Waals surface area contributed by atoms with Crippen LogP contribution in [0.5, 0.6) is 0 Å². The lowest BCUT2D eigenvalue weighted by molar-refractivity contribution is 0.811. The van der Waals surface area contributed by atoms with Gasteiger partial charge in [-0.1, -0.05) is 31.9 Å². The van der Waals surface area contributed by atoms with E-state index >= 15 is 0 Å². The van der Waals surface area contributed by atoms with Crippen LogP contribution in [-0.4, -0.2) is 0 Å². The van der Waals surface area contributed by atoms with E-state index < -0.39 is 0 Å². The maximum Gasteiger partial charge on any atom is -0.0126 e. The van der Waals surface area contributed by atoms with Gasteiger partial charge in [-0.2, -0.15) is 0 Å². The van der Waals surface area contributed by atoms with Gasteiger partial charge in [0.15, 0.2) is 0 Å². The number of allylic oxidation sites excluding steroid dienone is 3. The topological polar surface area (TPSA) is 0 Å². The molecule has 11 heavy (non-hydrogen) atoms. The first-order valence-corrected chi connectivity index (χ1v) is 4.34. The van der Waals surface area contributed by atoms with Crippen LogP contribution in [0.2, 0.25) is 0 Å². The highest BCUT2D eigenvalue weighted by Crippen LogP contribution is 1.97. The highest BCUT2D eigenvalue weighted by molar-refractivity contribution is 4.85. The second kappa shape index (κ2) is 9.26. The van der Waals surface area contributed by atoms with Gasteiger partial charge in [0.05, 0.1) is 0 Å². The molecule has 0 spiro atoms. The fourth-order valence-corrected chi connectivity index (χ4v) is 0.821. The molecule has 0 saturated carbocycles. The van der Waals surface area contributed by atoms with Crippen molar-refractivity contribution in [2.45, 2.75) is 39.0 Å². The lowest BCUT2D eigenvalue weighted by Gasteiger charge is -1.87. The summed E-state index contributed by atoms with van der Waals surface area (Å²) in [4.78, 5) is 0. The van der Waals surface area contributed by atoms with E-state index in [2.05, 4.69) is 24.8 Å². The maximum absolute atomic E-state index is 5.06. The second-order valence-corrected chi connectivity index (χ2v) is 2.56. The van der Waals surface area contributed by atoms with Crippen LogP contribution in [0.4, 0.5) is 0 Å². The Bertz CT molecular complexity index is 136. The van der Waals surface area contributed by atoms with Crippen LogP contribution in [-0.2, 0) is 0 Å². The first-order valence-electron chi connectivity index (χ1n) is 4.34. The van der Waals surface area contributed by atoms with Gasteiger partial charge < -0.3 is 0 Å². The molecule has 0 N–H and O–H groups in total. The molecule has 61 valence electrons. The smallest absolute Gasteiger partial charge is 0.0126 e. The van der Waals surface area contributed by atoms with Gasteiger partial charge in [-0.25, -0.2) is 0 Å². The molecule has 0 aromatic rings. The summed E-state index contributed by atoms with van der Waals surface area (Å²) < 4.78 is 0. The van der Waals surface area contributed by atoms with Crippen molar-refractivity contribution in [1.82, 2.24) is 0 Å². The van der Waals surface area contributed by atoms with Crippen molar-refractivity contribution in [3.8, 4) is 0 Å². The quantitative estimate of drug-likeness (QED) is 0.307. The predicted molar refractivity (Wildman–Crippen MR) is 50.3 cm³/mol. The number of hydrogen-bond donors (Lipinski definition) is 0. The molecule has 0 aliphatic heterocycles. The van der Waals surface area contributed by atoms with Crippen LogP contribution in [0.25, 0.3) is 0 Å². The van der Waals surface area contributed by atoms with Gasteiger partial charge in [0.25, 0.3) is 0 Å². The fraction of sp³-hybridized carbons (Fsp3) is 0.545. The SMILES string of the molecule is [CH]=C=CCCC=CCCCC. The Morgan fingerprint density at radius 1 is 1.18 bits per heavy atom. The van der Waals surface area contributed by atoms with E-state index in [1.807, 2.05) is 6.08 Å². The first kappa shape index (κ1) is 10.3. The summed E-state index contributed by atoms with van der Waals surface area (Å²) in [6.07, 6.45) is 12.2. The molecule has 0 amide bonds. The largest absolute Gasteiger partial charge is 0.125 e. The van der Waals surface area contributed by atoms with Crippen molar-refractivity contribution < 1.29 is 0 Å². The van der Waals surface area contributed by atoms with E-state index in [-0.39, 0.29) is 0 Å². The summed E-state index contributed by atoms with van der Waals surface area (Å²) in [5, 5.41) is 0. The van der Waals surface area contributed by atoms with Crippen molar-refractivity contribution in [3.63, 3.8) is 0 Å². The molecule has 0 aliphatic carbocycles. The van der Waals surface area contributed by atoms with E-state index in [0.717, 1.165) is 12.8 Å². The summed E-state index contributed by atoms with van der Waals surface area (Å²) in [7, 11) is 0. The molecule has 0 heterocycles. The number of hydrogen-bond acceptors (Lipinski definition) is 0. The predicted octanol–water partition coefficient (Wildman–Crippen LogP) is 3.66. The normalized spacial score (nSPS) is 9.91. The van der Waals surface area contributed by atoms with Gasteiger partial charge in [-0.15, -0.1) is 5.73 Å². The van der Waals surface area contributed by atoms with E-state index in [1.54, 1.807) is 0 Å². The Kier molecular flexibility index (Phi) is 8.64. The van der Waals surface area contributed by atoms with Gasteiger partial charge in [0.1, 0.15) is 0 Å². The monoisotopic (exact) mass is 149 g/mol. The van der Waals surface area contributed by atoms with E-state index in [4.69, 9.17) is 6.58 Å². The van der Waals surface area contributed by atoms with Crippen molar-refractivity contribution in [1.29, 1.82) is 0 Å². The standard InChI is InChI=1S/C11H17/c1-3-5-7-9-11-10-8-6-4-2/h1,5,10-11H,4,6-9H2,2H3. The summed E-state index contributed by atoms with van der Waals surface area (Å²) in [5.74, 6) is 0. The van der Waals surface area contributed by atoms with E-state index in [1.165, 1.54) is 19.3 Å². The van der Waals surface area contributed by atoms with Crippen molar-refractivity contribution >= 4 is 0 Å². The third-order valence-electron chi connectivity index (χ3n) is 1.49. The van der Waals surface area contributed by atoms with Crippen LogP contribution in [0.1, 0.15) is 39.0 Å². The van der Waals surface area contributed by atoms with Gasteiger partial charge in [-0.3, -0.25) is 0 Å². The molecule has 0 heteroatoms. The average Bonchev–Trinajstić information content (AvgIpc) is 2.03. The maximum atomic E-state index is 5.06. The average molecular weight is 149 g/mol. The Balaban J connectivity index is 3.09. The van der Waals surface area contributed by atoms with Crippen molar-refractivity contribution in [2.75, 3.05) is 0 Å². The van der Waals surface area contributed by atoms with Crippen LogP contribution in [0.3, 0.4) is 0 Å². The molecule has 0 unspecified atom stereocenters. The van der Waals surface area contributed by atoms with Gasteiger partial charge in [-0.05, 0) is 31.9 Å². The highest BCUT2D eigenvalue weighted by Gasteiger charge is 1.77. The van der Waals surface area contributed by atoms with Crippen molar-refractivity contribution in [3.05, 3.63) is 30.5 Å². The molecule has 0 rings (SSSR count). The van der Waals surface area contributed by atoms with Crippen LogP contribution < -0.4 is 0 Å². The van der Waals surface area contributed by atoms with Crippen LogP contribution in [0.15, 0.2) is 24.0 Å². The minimum absolute atomic E-state index is 1.01. The Labute approximate surface area is 70.3 Å². The van der Waals surface area contributed by atoms with Gasteiger partial charge in [0, 0.05) is 0 Å². The fourth-order valence-electron chi connectivity index (χ4n) is 0.821. The number of unbranched alkanes of at least 4 members (excludes halogenated alkanes) is 3. The van der Waals surface area contributed by atoms with Gasteiger partial charge >= 0.3 is 0 Å². The first-order chi connectivity index (χ1) is 5.41. The minimum atomic E-state index is 1.01. The Hall–Kier alpha value is -0.740. The Morgan fingerprint density at radius 2 is 1.91 bits per heavy atom. The third-order valence-corrected chi connectivity index (χ3v) is 1.49. The highest BCUT2D eigenvalue weighted by atomic mass is 13.8. The van der Waals surface area contributed by atoms with Crippen molar-refractivity contribution in [2.24, 2.45) is 0 Å². The lowest BCUT2D eigenvalue weighted by atomic mass is 10.2. The molecular formula is C11H17. The number of rotatable bonds is 6. The Morgan fingerprint density at radius 3 is 2.55 bits per heavy atom. The second-order valence-electron chi connectivity index (χ2n) is 2.56. The zero-order valence-corrected chi connectivity index (χ0v) is 7.34. The van der Waals surface area contributed by atoms with Gasteiger partial charge in [0.2, 0.25) is 0 Å². The molecule has 0 atom stereocenters. The third kappa shape index (κ3) is 9.26. The molecule has 0 aliphatic rings. The molecule has 0 saturated heterocycles. The van der Waals surface area contributed by atoms with E-state index in [0.29, 0.717) is 0 Å². The summed E-state index contributed by atoms with van der Waals surface area (Å²) in [6, 6.07) is 0. The molecule has 0 fully saturated rings. The molecule has 0 bridgehead atoms. The minimum Gasteiger partial charge on any atom is -0.125 e. The molecular weight excluding hydrogens is 132 g/mol. The molecule has 0 aromatic carbocycles. The van der Waals surface area contributed by atoms with E-state index in [9.17, 15) is 0 Å². The molecule has 1 radical (unpaired) electrons.